The number of rotatable bonds is 6. The molecule has 0 aliphatic rings. The maximum atomic E-state index is 2.49. The molecule has 0 amide bonds. The summed E-state index contributed by atoms with van der Waals surface area (Å²) in [6, 6.07) is 73.5. The van der Waals surface area contributed by atoms with E-state index in [1.165, 1.54) is 90.2 Å². The summed E-state index contributed by atoms with van der Waals surface area (Å²) in [7, 11) is 0. The highest BCUT2D eigenvalue weighted by atomic mass is 32.1. The molecule has 1 nitrogen and oxygen atoms in total. The van der Waals surface area contributed by atoms with Crippen LogP contribution in [0.4, 0.5) is 17.1 Å². The van der Waals surface area contributed by atoms with E-state index in [1.54, 1.807) is 0 Å². The number of hydrogen-bond acceptors (Lipinski definition) is 3. The van der Waals surface area contributed by atoms with E-state index in [4.69, 9.17) is 0 Å². The van der Waals surface area contributed by atoms with E-state index in [1.807, 2.05) is 22.7 Å². The zero-order chi connectivity index (χ0) is 36.3. The molecule has 0 N–H and O–H groups in total. The minimum absolute atomic E-state index is 1.12. The molecule has 0 bridgehead atoms. The molecular formula is C52H33NS2. The van der Waals surface area contributed by atoms with E-state index >= 15 is 0 Å². The first kappa shape index (κ1) is 32.0. The molecule has 3 heteroatoms. The number of anilines is 3. The largest absolute Gasteiger partial charge is 0.309 e. The second kappa shape index (κ2) is 13.1. The Labute approximate surface area is 327 Å². The summed E-state index contributed by atoms with van der Waals surface area (Å²) in [5.41, 5.74) is 10.7. The lowest BCUT2D eigenvalue weighted by atomic mass is 9.96. The lowest BCUT2D eigenvalue weighted by molar-refractivity contribution is 1.30. The lowest BCUT2D eigenvalue weighted by Gasteiger charge is -2.29. The van der Waals surface area contributed by atoms with E-state index in [0.29, 0.717) is 0 Å². The average molecular weight is 736 g/mol. The maximum absolute atomic E-state index is 2.49. The first-order valence-corrected chi connectivity index (χ1v) is 20.3. The minimum atomic E-state index is 1.12. The fourth-order valence-electron chi connectivity index (χ4n) is 8.30. The van der Waals surface area contributed by atoms with Crippen molar-refractivity contribution in [2.24, 2.45) is 0 Å². The fourth-order valence-corrected chi connectivity index (χ4v) is 10.5. The van der Waals surface area contributed by atoms with Crippen molar-refractivity contribution in [2.75, 3.05) is 4.90 Å². The first-order chi connectivity index (χ1) is 27.3. The van der Waals surface area contributed by atoms with Crippen molar-refractivity contribution in [3.05, 3.63) is 200 Å². The average Bonchev–Trinajstić information content (AvgIpc) is 3.83. The Kier molecular flexibility index (Phi) is 7.61. The minimum Gasteiger partial charge on any atom is -0.309 e. The van der Waals surface area contributed by atoms with Gasteiger partial charge in [0.15, 0.2) is 0 Å². The monoisotopic (exact) mass is 735 g/mol. The van der Waals surface area contributed by atoms with E-state index in [0.717, 1.165) is 11.4 Å². The van der Waals surface area contributed by atoms with Crippen LogP contribution < -0.4 is 4.90 Å². The van der Waals surface area contributed by atoms with Gasteiger partial charge in [0.25, 0.3) is 0 Å². The molecular weight excluding hydrogens is 703 g/mol. The van der Waals surface area contributed by atoms with E-state index < -0.39 is 0 Å². The van der Waals surface area contributed by atoms with Crippen LogP contribution in [0.2, 0.25) is 0 Å². The van der Waals surface area contributed by atoms with Crippen LogP contribution in [0.3, 0.4) is 0 Å². The summed E-state index contributed by atoms with van der Waals surface area (Å²) in [6.07, 6.45) is 0. The number of nitrogens with zero attached hydrogens (tertiary/aromatic N) is 1. The molecule has 0 saturated carbocycles. The molecule has 258 valence electrons. The molecule has 2 heterocycles. The molecule has 0 unspecified atom stereocenters. The Bertz CT molecular complexity index is 3220. The van der Waals surface area contributed by atoms with Crippen LogP contribution >= 0.6 is 22.7 Å². The second-order valence-corrected chi connectivity index (χ2v) is 16.2. The summed E-state index contributed by atoms with van der Waals surface area (Å²) in [5, 5.41) is 7.71. The van der Waals surface area contributed by atoms with E-state index in [2.05, 4.69) is 205 Å². The number of thiophene rings is 2. The van der Waals surface area contributed by atoms with Gasteiger partial charge in [-0.3, -0.25) is 0 Å². The van der Waals surface area contributed by atoms with Gasteiger partial charge in [0.2, 0.25) is 0 Å². The molecule has 2 aromatic heterocycles. The SMILES string of the molecule is c1cc(-c2ccc(-c3cccc4ccccc34)cc2)cc(N(c2ccccc2-c2ccc3sc4ccccc4c3c2)c2cccc3sc4ccccc4c23)c1. The standard InChI is InChI=1S/C52H33NS2/c1-2-16-40-35(12-1)13-10-20-41(40)36-28-26-34(27-29-36)37-14-9-15-39(32-37)53(47-22-11-25-51-52(47)44-19-5-8-24-49(44)55-51)46-21-6-3-17-42(46)38-30-31-50-45(33-38)43-18-4-7-23-48(43)54-50/h1-33H. The fraction of sp³-hybridized carbons (Fsp3) is 0. The molecule has 0 aliphatic heterocycles. The second-order valence-electron chi connectivity index (χ2n) is 14.1. The normalized spacial score (nSPS) is 11.6. The van der Waals surface area contributed by atoms with Gasteiger partial charge in [-0.25, -0.2) is 0 Å². The summed E-state index contributed by atoms with van der Waals surface area (Å²) in [4.78, 5) is 2.49. The van der Waals surface area contributed by atoms with Crippen molar-refractivity contribution in [1.29, 1.82) is 0 Å². The highest BCUT2D eigenvalue weighted by Crippen LogP contribution is 2.48. The van der Waals surface area contributed by atoms with Gasteiger partial charge >= 0.3 is 0 Å². The quantitative estimate of drug-likeness (QED) is 0.164. The molecule has 9 aromatic carbocycles. The molecule has 0 aliphatic carbocycles. The van der Waals surface area contributed by atoms with Gasteiger partial charge in [-0.2, -0.15) is 0 Å². The predicted molar refractivity (Wildman–Crippen MR) is 241 cm³/mol. The zero-order valence-corrected chi connectivity index (χ0v) is 31.4. The van der Waals surface area contributed by atoms with Gasteiger partial charge in [0.05, 0.1) is 11.4 Å². The molecule has 0 atom stereocenters. The number of fused-ring (bicyclic) bond motifs is 7. The molecule has 0 radical (unpaired) electrons. The topological polar surface area (TPSA) is 3.24 Å². The van der Waals surface area contributed by atoms with Gasteiger partial charge in [0.1, 0.15) is 0 Å². The van der Waals surface area contributed by atoms with Crippen molar-refractivity contribution < 1.29 is 0 Å². The Morgan fingerprint density at radius 2 is 0.891 bits per heavy atom. The highest BCUT2D eigenvalue weighted by Gasteiger charge is 2.22. The van der Waals surface area contributed by atoms with Gasteiger partial charge in [-0.05, 0) is 93.2 Å². The Morgan fingerprint density at radius 3 is 1.78 bits per heavy atom. The van der Waals surface area contributed by atoms with Crippen molar-refractivity contribution in [3.63, 3.8) is 0 Å². The third kappa shape index (κ3) is 5.43. The van der Waals surface area contributed by atoms with Crippen molar-refractivity contribution >= 4 is 90.9 Å². The van der Waals surface area contributed by atoms with Gasteiger partial charge < -0.3 is 4.90 Å². The molecule has 11 aromatic rings. The number of benzene rings is 9. The lowest BCUT2D eigenvalue weighted by Crippen LogP contribution is -2.11. The van der Waals surface area contributed by atoms with E-state index in [9.17, 15) is 0 Å². The molecule has 0 spiro atoms. The van der Waals surface area contributed by atoms with Gasteiger partial charge in [-0.1, -0.05) is 146 Å². The maximum Gasteiger partial charge on any atom is 0.0555 e. The summed E-state index contributed by atoms with van der Waals surface area (Å²) < 4.78 is 5.22. The van der Waals surface area contributed by atoms with Crippen LogP contribution in [-0.4, -0.2) is 0 Å². The Hall–Kier alpha value is -6.52. The first-order valence-electron chi connectivity index (χ1n) is 18.7. The molecule has 0 saturated heterocycles. The third-order valence-corrected chi connectivity index (χ3v) is 13.2. The molecule has 55 heavy (non-hydrogen) atoms. The smallest absolute Gasteiger partial charge is 0.0555 e. The van der Waals surface area contributed by atoms with Crippen LogP contribution in [0.25, 0.3) is 84.5 Å². The number of para-hydroxylation sites is 1. The zero-order valence-electron chi connectivity index (χ0n) is 29.8. The van der Waals surface area contributed by atoms with Crippen LogP contribution in [0, 0.1) is 0 Å². The third-order valence-electron chi connectivity index (χ3n) is 10.9. The van der Waals surface area contributed by atoms with Gasteiger partial charge in [-0.15, -0.1) is 22.7 Å². The van der Waals surface area contributed by atoms with Crippen molar-refractivity contribution in [2.45, 2.75) is 0 Å². The van der Waals surface area contributed by atoms with Crippen molar-refractivity contribution in [1.82, 2.24) is 0 Å². The number of hydrogen-bond donors (Lipinski definition) is 0. The van der Waals surface area contributed by atoms with Crippen molar-refractivity contribution in [3.8, 4) is 33.4 Å². The summed E-state index contributed by atoms with van der Waals surface area (Å²) in [5.74, 6) is 0. The Balaban J connectivity index is 1.09. The van der Waals surface area contributed by atoms with Crippen LogP contribution in [0.15, 0.2) is 200 Å². The van der Waals surface area contributed by atoms with Crippen LogP contribution in [0.5, 0.6) is 0 Å². The van der Waals surface area contributed by atoms with Crippen LogP contribution in [0.1, 0.15) is 0 Å². The van der Waals surface area contributed by atoms with Gasteiger partial charge in [0, 0.05) is 51.6 Å². The molecule has 11 rings (SSSR count). The van der Waals surface area contributed by atoms with Crippen LogP contribution in [-0.2, 0) is 0 Å². The highest BCUT2D eigenvalue weighted by molar-refractivity contribution is 7.26. The Morgan fingerprint density at radius 1 is 0.309 bits per heavy atom. The summed E-state index contributed by atoms with van der Waals surface area (Å²) >= 11 is 3.73. The predicted octanol–water partition coefficient (Wildman–Crippen LogP) is 16.0. The van der Waals surface area contributed by atoms with E-state index in [-0.39, 0.29) is 0 Å². The molecule has 0 fully saturated rings. The summed E-state index contributed by atoms with van der Waals surface area (Å²) in [6.45, 7) is 0.